The van der Waals surface area contributed by atoms with Crippen LogP contribution in [0.25, 0.3) is 6.08 Å². The highest BCUT2D eigenvalue weighted by molar-refractivity contribution is 5.88. The fourth-order valence-electron chi connectivity index (χ4n) is 1.05. The van der Waals surface area contributed by atoms with Gasteiger partial charge in [-0.15, -0.1) is 0 Å². The number of ether oxygens (including phenoxy) is 1. The maximum Gasteiger partial charge on any atom is 0.354 e. The van der Waals surface area contributed by atoms with Gasteiger partial charge in [0.1, 0.15) is 5.69 Å². The van der Waals surface area contributed by atoms with Gasteiger partial charge in [-0.25, -0.2) is 4.79 Å². The summed E-state index contributed by atoms with van der Waals surface area (Å²) in [4.78, 5) is 13.9. The molecule has 0 spiro atoms. The van der Waals surface area contributed by atoms with Gasteiger partial charge in [0.2, 0.25) is 0 Å². The molecule has 0 amide bonds. The highest BCUT2D eigenvalue weighted by Gasteiger charge is 2.05. The molecule has 0 aliphatic heterocycles. The van der Waals surface area contributed by atoms with Gasteiger partial charge in [0.25, 0.3) is 0 Å². The van der Waals surface area contributed by atoms with E-state index in [9.17, 15) is 4.79 Å². The van der Waals surface area contributed by atoms with Crippen LogP contribution in [0.5, 0.6) is 0 Å². The van der Waals surface area contributed by atoms with Gasteiger partial charge in [-0.2, -0.15) is 0 Å². The van der Waals surface area contributed by atoms with Gasteiger partial charge in [-0.3, -0.25) is 0 Å². The topological polar surface area (TPSA) is 54.1 Å². The maximum atomic E-state index is 11.1. The Morgan fingerprint density at radius 3 is 3.14 bits per heavy atom. The van der Waals surface area contributed by atoms with Crippen LogP contribution in [0.1, 0.15) is 16.1 Å². The molecule has 4 nitrogen and oxygen atoms in total. The predicted octanol–water partition coefficient (Wildman–Crippen LogP) is 1.03. The lowest BCUT2D eigenvalue weighted by Crippen LogP contribution is -2.03. The quantitative estimate of drug-likeness (QED) is 0.704. The number of carbonyl (C=O) groups is 1. The van der Waals surface area contributed by atoms with E-state index in [0.717, 1.165) is 12.1 Å². The van der Waals surface area contributed by atoms with Crippen molar-refractivity contribution in [2.75, 3.05) is 20.7 Å². The summed E-state index contributed by atoms with van der Waals surface area (Å²) in [5, 5.41) is 2.99. The van der Waals surface area contributed by atoms with Crippen LogP contribution in [0.3, 0.4) is 0 Å². The van der Waals surface area contributed by atoms with Gasteiger partial charge in [0.05, 0.1) is 7.11 Å². The minimum Gasteiger partial charge on any atom is -0.464 e. The van der Waals surface area contributed by atoms with Gasteiger partial charge in [-0.1, -0.05) is 12.2 Å². The highest BCUT2D eigenvalue weighted by atomic mass is 16.5. The number of methoxy groups -OCH3 is 1. The minimum absolute atomic E-state index is 0.349. The average molecular weight is 194 g/mol. The molecule has 14 heavy (non-hydrogen) atoms. The van der Waals surface area contributed by atoms with Crippen LogP contribution in [-0.4, -0.2) is 31.7 Å². The molecule has 0 radical (unpaired) electrons. The fourth-order valence-corrected chi connectivity index (χ4v) is 1.05. The smallest absolute Gasteiger partial charge is 0.354 e. The largest absolute Gasteiger partial charge is 0.464 e. The number of hydrogen-bond donors (Lipinski definition) is 2. The number of aromatic amines is 1. The Morgan fingerprint density at radius 1 is 1.71 bits per heavy atom. The number of rotatable bonds is 4. The van der Waals surface area contributed by atoms with Crippen LogP contribution in [0.2, 0.25) is 0 Å². The molecule has 0 unspecified atom stereocenters. The summed E-state index contributed by atoms with van der Waals surface area (Å²) < 4.78 is 4.57. The number of likely N-dealkylation sites (N-methyl/N-ethyl adjacent to an activating group) is 1. The average Bonchev–Trinajstić information content (AvgIpc) is 2.66. The number of nitrogens with one attached hydrogen (secondary N) is 2. The molecule has 0 aromatic carbocycles. The molecule has 0 fully saturated rings. The first-order valence-electron chi connectivity index (χ1n) is 4.36. The SMILES string of the molecule is CNCC=Cc1c[nH]c(C(=O)OC)c1. The van der Waals surface area contributed by atoms with Gasteiger partial charge in [0.15, 0.2) is 0 Å². The van der Waals surface area contributed by atoms with Crippen molar-refractivity contribution >= 4 is 12.0 Å². The molecular formula is C10H14N2O2. The van der Waals surface area contributed by atoms with Crippen LogP contribution in [0.4, 0.5) is 0 Å². The van der Waals surface area contributed by atoms with Crippen molar-refractivity contribution < 1.29 is 9.53 Å². The van der Waals surface area contributed by atoms with Crippen molar-refractivity contribution in [1.29, 1.82) is 0 Å². The number of carbonyl (C=O) groups excluding carboxylic acids is 1. The molecule has 0 bridgehead atoms. The van der Waals surface area contributed by atoms with Gasteiger partial charge in [0, 0.05) is 12.7 Å². The lowest BCUT2D eigenvalue weighted by atomic mass is 10.3. The van der Waals surface area contributed by atoms with Crippen molar-refractivity contribution in [2.24, 2.45) is 0 Å². The second-order valence-corrected chi connectivity index (χ2v) is 2.80. The molecule has 4 heteroatoms. The maximum absolute atomic E-state index is 11.1. The summed E-state index contributed by atoms with van der Waals surface area (Å²) in [5.74, 6) is -0.349. The first-order valence-corrected chi connectivity index (χ1v) is 4.36. The molecule has 0 aliphatic carbocycles. The third-order valence-electron chi connectivity index (χ3n) is 1.74. The second-order valence-electron chi connectivity index (χ2n) is 2.80. The standard InChI is InChI=1S/C10H14N2O2/c1-11-5-3-4-8-6-9(12-7-8)10(13)14-2/h3-4,6-7,11-12H,5H2,1-2H3. The molecule has 2 N–H and O–H groups in total. The summed E-state index contributed by atoms with van der Waals surface area (Å²) in [6, 6.07) is 1.75. The summed E-state index contributed by atoms with van der Waals surface area (Å²) in [5.41, 5.74) is 1.43. The summed E-state index contributed by atoms with van der Waals surface area (Å²) in [6.45, 7) is 0.804. The van der Waals surface area contributed by atoms with Gasteiger partial charge in [-0.05, 0) is 18.7 Å². The lowest BCUT2D eigenvalue weighted by Gasteiger charge is -1.91. The van der Waals surface area contributed by atoms with Crippen molar-refractivity contribution in [1.82, 2.24) is 10.3 Å². The summed E-state index contributed by atoms with van der Waals surface area (Å²) >= 11 is 0. The Bertz CT molecular complexity index is 329. The van der Waals surface area contributed by atoms with E-state index in [1.54, 1.807) is 12.3 Å². The molecule has 1 aromatic rings. The van der Waals surface area contributed by atoms with Crippen molar-refractivity contribution in [2.45, 2.75) is 0 Å². The molecule has 1 aromatic heterocycles. The molecule has 1 rings (SSSR count). The summed E-state index contributed by atoms with van der Waals surface area (Å²) in [6.07, 6.45) is 5.67. The van der Waals surface area contributed by atoms with E-state index in [0.29, 0.717) is 5.69 Å². The van der Waals surface area contributed by atoms with E-state index in [1.807, 2.05) is 19.2 Å². The Morgan fingerprint density at radius 2 is 2.50 bits per heavy atom. The van der Waals surface area contributed by atoms with E-state index >= 15 is 0 Å². The molecule has 76 valence electrons. The van der Waals surface area contributed by atoms with Gasteiger partial charge >= 0.3 is 5.97 Å². The Hall–Kier alpha value is -1.55. The fraction of sp³-hybridized carbons (Fsp3) is 0.300. The molecular weight excluding hydrogens is 180 g/mol. The predicted molar refractivity (Wildman–Crippen MR) is 55.1 cm³/mol. The van der Waals surface area contributed by atoms with E-state index in [1.165, 1.54) is 7.11 Å². The number of aromatic nitrogens is 1. The number of hydrogen-bond acceptors (Lipinski definition) is 3. The molecule has 1 heterocycles. The Kier molecular flexibility index (Phi) is 3.94. The zero-order valence-corrected chi connectivity index (χ0v) is 8.33. The zero-order valence-electron chi connectivity index (χ0n) is 8.33. The molecule has 0 aliphatic rings. The normalized spacial score (nSPS) is 10.7. The Labute approximate surface area is 83.0 Å². The van der Waals surface area contributed by atoms with Crippen LogP contribution in [-0.2, 0) is 4.74 Å². The molecule has 0 saturated carbocycles. The van der Waals surface area contributed by atoms with Crippen molar-refractivity contribution in [3.05, 3.63) is 29.6 Å². The van der Waals surface area contributed by atoms with Crippen LogP contribution < -0.4 is 5.32 Å². The minimum atomic E-state index is -0.349. The molecule has 0 saturated heterocycles. The van der Waals surface area contributed by atoms with Crippen molar-refractivity contribution in [3.63, 3.8) is 0 Å². The third-order valence-corrected chi connectivity index (χ3v) is 1.74. The highest BCUT2D eigenvalue weighted by Crippen LogP contribution is 2.06. The van der Waals surface area contributed by atoms with E-state index < -0.39 is 0 Å². The first kappa shape index (κ1) is 10.5. The summed E-state index contributed by atoms with van der Waals surface area (Å²) in [7, 11) is 3.24. The van der Waals surface area contributed by atoms with Crippen LogP contribution >= 0.6 is 0 Å². The second kappa shape index (κ2) is 5.24. The zero-order chi connectivity index (χ0) is 10.4. The van der Waals surface area contributed by atoms with E-state index in [4.69, 9.17) is 0 Å². The number of H-pyrrole nitrogens is 1. The van der Waals surface area contributed by atoms with Crippen LogP contribution in [0, 0.1) is 0 Å². The third kappa shape index (κ3) is 2.74. The van der Waals surface area contributed by atoms with Gasteiger partial charge < -0.3 is 15.0 Å². The van der Waals surface area contributed by atoms with Crippen LogP contribution in [0.15, 0.2) is 18.3 Å². The first-order chi connectivity index (χ1) is 6.77. The Balaban J connectivity index is 2.63. The van der Waals surface area contributed by atoms with E-state index in [-0.39, 0.29) is 5.97 Å². The number of esters is 1. The van der Waals surface area contributed by atoms with E-state index in [2.05, 4.69) is 15.0 Å². The lowest BCUT2D eigenvalue weighted by molar-refractivity contribution is 0.0595. The molecule has 0 atom stereocenters. The van der Waals surface area contributed by atoms with Crippen molar-refractivity contribution in [3.8, 4) is 0 Å². The monoisotopic (exact) mass is 194 g/mol.